The third kappa shape index (κ3) is 1.52. The highest BCUT2D eigenvalue weighted by Gasteiger charge is 2.30. The second kappa shape index (κ2) is 2.93. The van der Waals surface area contributed by atoms with Gasteiger partial charge in [0, 0.05) is 20.0 Å². The molecule has 3 heteroatoms. The van der Waals surface area contributed by atoms with Crippen LogP contribution in [0.3, 0.4) is 0 Å². The topological polar surface area (TPSA) is 40.5 Å². The van der Waals surface area contributed by atoms with Crippen LogP contribution in [0.25, 0.3) is 0 Å². The van der Waals surface area contributed by atoms with E-state index in [1.54, 1.807) is 4.90 Å². The zero-order chi connectivity index (χ0) is 8.43. The zero-order valence-corrected chi connectivity index (χ0v) is 6.45. The molecule has 11 heavy (non-hydrogen) atoms. The average Bonchev–Trinajstić information content (AvgIpc) is 2.31. The monoisotopic (exact) mass is 153 g/mol. The minimum atomic E-state index is -0.538. The first-order valence-electron chi connectivity index (χ1n) is 3.55. The van der Waals surface area contributed by atoms with E-state index in [9.17, 15) is 9.90 Å². The molecule has 0 aliphatic carbocycles. The lowest BCUT2D eigenvalue weighted by Crippen LogP contribution is -2.26. The van der Waals surface area contributed by atoms with Gasteiger partial charge in [-0.1, -0.05) is 5.92 Å². The number of terminal acetylenes is 1. The van der Waals surface area contributed by atoms with Crippen LogP contribution < -0.4 is 0 Å². The molecule has 0 radical (unpaired) electrons. The molecule has 2 atom stereocenters. The van der Waals surface area contributed by atoms with Gasteiger partial charge in [-0.2, -0.15) is 0 Å². The summed E-state index contributed by atoms with van der Waals surface area (Å²) in [5.74, 6) is 2.25. The van der Waals surface area contributed by atoms with Crippen molar-refractivity contribution >= 4 is 5.91 Å². The van der Waals surface area contributed by atoms with E-state index in [0.717, 1.165) is 0 Å². The molecule has 3 nitrogen and oxygen atoms in total. The van der Waals surface area contributed by atoms with Gasteiger partial charge in [-0.3, -0.25) is 4.79 Å². The molecule has 1 fully saturated rings. The Kier molecular flexibility index (Phi) is 2.16. The van der Waals surface area contributed by atoms with Crippen LogP contribution >= 0.6 is 0 Å². The van der Waals surface area contributed by atoms with Crippen LogP contribution in [0.4, 0.5) is 0 Å². The van der Waals surface area contributed by atoms with Crippen LogP contribution in [0.5, 0.6) is 0 Å². The molecule has 1 rings (SSSR count). The second-order valence-corrected chi connectivity index (χ2v) is 2.76. The van der Waals surface area contributed by atoms with Crippen molar-refractivity contribution in [2.24, 2.45) is 5.92 Å². The number of hydrogen-bond acceptors (Lipinski definition) is 2. The van der Waals surface area contributed by atoms with Crippen LogP contribution in [-0.4, -0.2) is 35.1 Å². The van der Waals surface area contributed by atoms with Crippen molar-refractivity contribution in [3.63, 3.8) is 0 Å². The summed E-state index contributed by atoms with van der Waals surface area (Å²) in [6.07, 6.45) is 4.60. The maximum atomic E-state index is 10.8. The molecule has 1 amide bonds. The number of carbonyl (C=O) groups excluding carboxylic acids is 1. The van der Waals surface area contributed by atoms with Gasteiger partial charge < -0.3 is 10.0 Å². The molecule has 0 bridgehead atoms. The van der Waals surface area contributed by atoms with Gasteiger partial charge in [0.05, 0.1) is 12.0 Å². The Morgan fingerprint density at radius 2 is 2.36 bits per heavy atom. The fourth-order valence-corrected chi connectivity index (χ4v) is 1.21. The molecule has 1 saturated heterocycles. The Balaban J connectivity index is 2.58. The Labute approximate surface area is 66.0 Å². The summed E-state index contributed by atoms with van der Waals surface area (Å²) in [7, 11) is 0. The van der Waals surface area contributed by atoms with E-state index in [0.29, 0.717) is 13.1 Å². The molecule has 0 unspecified atom stereocenters. The fraction of sp³-hybridized carbons (Fsp3) is 0.625. The van der Waals surface area contributed by atoms with E-state index >= 15 is 0 Å². The largest absolute Gasteiger partial charge is 0.390 e. The highest BCUT2D eigenvalue weighted by molar-refractivity contribution is 5.73. The Bertz CT molecular complexity index is 207. The van der Waals surface area contributed by atoms with E-state index in [2.05, 4.69) is 5.92 Å². The Hall–Kier alpha value is -1.01. The number of amides is 1. The number of likely N-dealkylation sites (tertiary alicyclic amines) is 1. The van der Waals surface area contributed by atoms with Gasteiger partial charge in [0.2, 0.25) is 5.91 Å². The molecule has 1 N–H and O–H groups in total. The molecule has 1 aliphatic rings. The Morgan fingerprint density at radius 1 is 1.73 bits per heavy atom. The molecular formula is C8H11NO2. The number of β-amino-alcohol motifs (C(OH)–C–C–N with tert-alkyl or cyclic N) is 1. The molecule has 0 aromatic heterocycles. The number of carbonyl (C=O) groups is 1. The van der Waals surface area contributed by atoms with Crippen molar-refractivity contribution in [1.82, 2.24) is 4.90 Å². The lowest BCUT2D eigenvalue weighted by atomic mass is 10.1. The number of hydrogen-bond donors (Lipinski definition) is 1. The van der Waals surface area contributed by atoms with Gasteiger partial charge >= 0.3 is 0 Å². The first-order chi connectivity index (χ1) is 5.15. The van der Waals surface area contributed by atoms with Gasteiger partial charge in [0.25, 0.3) is 0 Å². The summed E-state index contributed by atoms with van der Waals surface area (Å²) in [6, 6.07) is 0. The van der Waals surface area contributed by atoms with Crippen LogP contribution in [0, 0.1) is 18.3 Å². The van der Waals surface area contributed by atoms with Crippen molar-refractivity contribution in [1.29, 1.82) is 0 Å². The Morgan fingerprint density at radius 3 is 2.64 bits per heavy atom. The number of rotatable bonds is 0. The normalized spacial score (nSPS) is 30.1. The van der Waals surface area contributed by atoms with Crippen molar-refractivity contribution in [2.45, 2.75) is 13.0 Å². The zero-order valence-electron chi connectivity index (χ0n) is 6.45. The maximum Gasteiger partial charge on any atom is 0.219 e. The van der Waals surface area contributed by atoms with Crippen molar-refractivity contribution in [3.8, 4) is 12.3 Å². The van der Waals surface area contributed by atoms with Gasteiger partial charge in [0.1, 0.15) is 0 Å². The molecule has 0 aromatic rings. The van der Waals surface area contributed by atoms with Gasteiger partial charge in [-0.05, 0) is 0 Å². The standard InChI is InChI=1S/C8H11NO2/c1-3-7-4-9(6(2)10)5-8(7)11/h1,7-8,11H,4-5H2,2H3/t7-,8-/m1/s1. The van der Waals surface area contributed by atoms with E-state index in [1.165, 1.54) is 6.92 Å². The molecule has 0 aromatic carbocycles. The minimum Gasteiger partial charge on any atom is -0.390 e. The van der Waals surface area contributed by atoms with Gasteiger partial charge in [0.15, 0.2) is 0 Å². The first-order valence-corrected chi connectivity index (χ1v) is 3.55. The smallest absolute Gasteiger partial charge is 0.219 e. The third-order valence-electron chi connectivity index (χ3n) is 1.95. The van der Waals surface area contributed by atoms with E-state index < -0.39 is 6.10 Å². The summed E-state index contributed by atoms with van der Waals surface area (Å²) in [6.45, 7) is 2.35. The highest BCUT2D eigenvalue weighted by atomic mass is 16.3. The third-order valence-corrected chi connectivity index (χ3v) is 1.95. The summed E-state index contributed by atoms with van der Waals surface area (Å²) < 4.78 is 0. The lowest BCUT2D eigenvalue weighted by Gasteiger charge is -2.10. The fourth-order valence-electron chi connectivity index (χ4n) is 1.21. The summed E-state index contributed by atoms with van der Waals surface area (Å²) >= 11 is 0. The molecular weight excluding hydrogens is 142 g/mol. The minimum absolute atomic E-state index is 0.0261. The average molecular weight is 153 g/mol. The van der Waals surface area contributed by atoms with E-state index in [4.69, 9.17) is 6.42 Å². The predicted molar refractivity (Wildman–Crippen MR) is 40.6 cm³/mol. The van der Waals surface area contributed by atoms with Crippen molar-refractivity contribution < 1.29 is 9.90 Å². The molecule has 1 aliphatic heterocycles. The lowest BCUT2D eigenvalue weighted by molar-refractivity contribution is -0.128. The SMILES string of the molecule is C#C[C@@H]1CN(C(C)=O)C[C@H]1O. The van der Waals surface area contributed by atoms with Gasteiger partial charge in [-0.15, -0.1) is 6.42 Å². The van der Waals surface area contributed by atoms with Crippen molar-refractivity contribution in [3.05, 3.63) is 0 Å². The summed E-state index contributed by atoms with van der Waals surface area (Å²) in [4.78, 5) is 12.4. The second-order valence-electron chi connectivity index (χ2n) is 2.76. The molecule has 0 spiro atoms. The van der Waals surface area contributed by atoms with E-state index in [-0.39, 0.29) is 11.8 Å². The summed E-state index contributed by atoms with van der Waals surface area (Å²) in [5, 5.41) is 9.27. The van der Waals surface area contributed by atoms with Crippen molar-refractivity contribution in [2.75, 3.05) is 13.1 Å². The molecule has 60 valence electrons. The van der Waals surface area contributed by atoms with Gasteiger partial charge in [-0.25, -0.2) is 0 Å². The van der Waals surface area contributed by atoms with Crippen LogP contribution in [-0.2, 0) is 4.79 Å². The van der Waals surface area contributed by atoms with Crippen LogP contribution in [0.2, 0.25) is 0 Å². The number of aliphatic hydroxyl groups excluding tert-OH is 1. The van der Waals surface area contributed by atoms with E-state index in [1.807, 2.05) is 0 Å². The van der Waals surface area contributed by atoms with Crippen LogP contribution in [0.15, 0.2) is 0 Å². The number of aliphatic hydroxyl groups is 1. The highest BCUT2D eigenvalue weighted by Crippen LogP contribution is 2.15. The predicted octanol–water partition coefficient (Wildman–Crippen LogP) is -0.541. The summed E-state index contributed by atoms with van der Waals surface area (Å²) in [5.41, 5.74) is 0. The molecule has 1 heterocycles. The van der Waals surface area contributed by atoms with Crippen LogP contribution in [0.1, 0.15) is 6.92 Å². The quantitative estimate of drug-likeness (QED) is 0.475. The number of nitrogens with zero attached hydrogens (tertiary/aromatic N) is 1. The molecule has 0 saturated carbocycles. The maximum absolute atomic E-state index is 10.8. The first kappa shape index (κ1) is 8.09.